The van der Waals surface area contributed by atoms with E-state index in [-0.39, 0.29) is 17.1 Å². The van der Waals surface area contributed by atoms with Crippen LogP contribution >= 0.6 is 23.1 Å². The fourth-order valence-electron chi connectivity index (χ4n) is 5.15. The molecule has 2 aliphatic heterocycles. The maximum Gasteiger partial charge on any atom is 0.238 e. The van der Waals surface area contributed by atoms with Crippen LogP contribution in [0.25, 0.3) is 0 Å². The highest BCUT2D eigenvalue weighted by molar-refractivity contribution is 8.00. The van der Waals surface area contributed by atoms with E-state index in [1.54, 1.807) is 30.0 Å². The molecule has 0 bridgehead atoms. The molecule has 2 atom stereocenters. The van der Waals surface area contributed by atoms with Crippen molar-refractivity contribution in [2.75, 3.05) is 31.1 Å². The van der Waals surface area contributed by atoms with Crippen LogP contribution in [-0.4, -0.2) is 48.1 Å². The van der Waals surface area contributed by atoms with Crippen LogP contribution < -0.4 is 10.2 Å². The summed E-state index contributed by atoms with van der Waals surface area (Å²) in [6.07, 6.45) is 0.648. The third-order valence-electron chi connectivity index (χ3n) is 7.24. The van der Waals surface area contributed by atoms with Gasteiger partial charge in [0.05, 0.1) is 5.54 Å². The lowest BCUT2D eigenvalue weighted by Crippen LogP contribution is -2.54. The normalized spacial score (nSPS) is 22.4. The van der Waals surface area contributed by atoms with E-state index in [0.717, 1.165) is 59.0 Å². The summed E-state index contributed by atoms with van der Waals surface area (Å²) in [7, 11) is 0. The number of hydrogen-bond donors (Lipinski definition) is 1. The standard InChI is InChI=1S/C29H31N3O2S2/c1-20-6-4-5-7-26(20)36-27-21(2)18-29(30-28(27)34,24-12-17-35-19-24)23-8-10-25(11-9-23)32-15-13-31(14-16-32)22(3)33/h4-12,17,19,27H,2,13-16,18H2,1,3H3,(H,30,34). The molecule has 3 aromatic rings. The van der Waals surface area contributed by atoms with Gasteiger partial charge in [0.2, 0.25) is 11.8 Å². The van der Waals surface area contributed by atoms with Crippen LogP contribution in [0.3, 0.4) is 0 Å². The largest absolute Gasteiger partial charge is 0.368 e. The van der Waals surface area contributed by atoms with Gasteiger partial charge in [0.25, 0.3) is 0 Å². The van der Waals surface area contributed by atoms with Crippen LogP contribution in [0.5, 0.6) is 0 Å². The molecule has 36 heavy (non-hydrogen) atoms. The van der Waals surface area contributed by atoms with E-state index in [9.17, 15) is 9.59 Å². The van der Waals surface area contributed by atoms with Gasteiger partial charge in [-0.15, -0.1) is 11.8 Å². The minimum absolute atomic E-state index is 0.00451. The fraction of sp³-hybridized carbons (Fsp3) is 0.310. The lowest BCUT2D eigenvalue weighted by molar-refractivity contribution is -0.129. The molecule has 186 valence electrons. The number of benzene rings is 2. The number of carbonyl (C=O) groups is 2. The molecule has 2 aliphatic rings. The van der Waals surface area contributed by atoms with Gasteiger partial charge in [-0.2, -0.15) is 11.3 Å². The number of anilines is 1. The van der Waals surface area contributed by atoms with E-state index in [2.05, 4.69) is 76.9 Å². The van der Waals surface area contributed by atoms with E-state index in [1.165, 1.54) is 0 Å². The number of rotatable bonds is 5. The van der Waals surface area contributed by atoms with Gasteiger partial charge in [0, 0.05) is 50.1 Å². The Morgan fingerprint density at radius 3 is 2.39 bits per heavy atom. The molecule has 2 fully saturated rings. The molecule has 2 aromatic carbocycles. The van der Waals surface area contributed by atoms with Gasteiger partial charge in [-0.25, -0.2) is 0 Å². The van der Waals surface area contributed by atoms with Crippen molar-refractivity contribution in [3.63, 3.8) is 0 Å². The predicted octanol–water partition coefficient (Wildman–Crippen LogP) is 5.21. The highest BCUT2D eigenvalue weighted by Gasteiger charge is 2.44. The number of aryl methyl sites for hydroxylation is 1. The molecule has 0 radical (unpaired) electrons. The molecule has 1 N–H and O–H groups in total. The number of thioether (sulfide) groups is 1. The molecule has 0 saturated carbocycles. The van der Waals surface area contributed by atoms with Crippen molar-refractivity contribution >= 4 is 40.6 Å². The van der Waals surface area contributed by atoms with Crippen molar-refractivity contribution in [1.82, 2.24) is 10.2 Å². The number of piperidine rings is 1. The van der Waals surface area contributed by atoms with E-state index in [4.69, 9.17) is 0 Å². The second-order valence-corrected chi connectivity index (χ2v) is 11.5. The number of carbonyl (C=O) groups excluding carboxylic acids is 2. The highest BCUT2D eigenvalue weighted by Crippen LogP contribution is 2.44. The Bertz CT molecular complexity index is 1240. The fourth-order valence-corrected chi connectivity index (χ4v) is 6.96. The van der Waals surface area contributed by atoms with Gasteiger partial charge in [-0.05, 0) is 58.6 Å². The molecule has 5 rings (SSSR count). The summed E-state index contributed by atoms with van der Waals surface area (Å²) in [5, 5.41) is 7.27. The highest BCUT2D eigenvalue weighted by atomic mass is 32.2. The Labute approximate surface area is 221 Å². The topological polar surface area (TPSA) is 52.6 Å². The number of thiophene rings is 1. The number of nitrogens with one attached hydrogen (secondary N) is 1. The summed E-state index contributed by atoms with van der Waals surface area (Å²) in [6, 6.07) is 18.8. The summed E-state index contributed by atoms with van der Waals surface area (Å²) >= 11 is 3.22. The summed E-state index contributed by atoms with van der Waals surface area (Å²) in [6.45, 7) is 11.2. The first-order chi connectivity index (χ1) is 17.4. The molecule has 0 aliphatic carbocycles. The molecular formula is C29H31N3O2S2. The van der Waals surface area contributed by atoms with Crippen molar-refractivity contribution in [2.45, 2.75) is 36.0 Å². The van der Waals surface area contributed by atoms with Gasteiger partial charge in [0.15, 0.2) is 0 Å². The van der Waals surface area contributed by atoms with Crippen molar-refractivity contribution in [2.24, 2.45) is 0 Å². The SMILES string of the molecule is C=C1CC(c2ccc(N3CCN(C(C)=O)CC3)cc2)(c2ccsc2)NC(=O)C1Sc1ccccc1C. The van der Waals surface area contributed by atoms with Crippen LogP contribution in [0.4, 0.5) is 5.69 Å². The van der Waals surface area contributed by atoms with Crippen LogP contribution in [-0.2, 0) is 15.1 Å². The molecule has 2 amide bonds. The average molecular weight is 518 g/mol. The first-order valence-corrected chi connectivity index (χ1v) is 14.1. The monoisotopic (exact) mass is 517 g/mol. The van der Waals surface area contributed by atoms with E-state index >= 15 is 0 Å². The Kier molecular flexibility index (Phi) is 6.95. The average Bonchev–Trinajstić information content (AvgIpc) is 3.43. The zero-order valence-electron chi connectivity index (χ0n) is 20.7. The second kappa shape index (κ2) is 10.1. The van der Waals surface area contributed by atoms with Crippen molar-refractivity contribution in [3.8, 4) is 0 Å². The maximum absolute atomic E-state index is 13.6. The van der Waals surface area contributed by atoms with Gasteiger partial charge < -0.3 is 15.1 Å². The summed E-state index contributed by atoms with van der Waals surface area (Å²) in [4.78, 5) is 30.6. The Hall–Kier alpha value is -3.03. The van der Waals surface area contributed by atoms with Gasteiger partial charge >= 0.3 is 0 Å². The molecule has 2 saturated heterocycles. The molecule has 5 nitrogen and oxygen atoms in total. The predicted molar refractivity (Wildman–Crippen MR) is 149 cm³/mol. The quantitative estimate of drug-likeness (QED) is 0.473. The summed E-state index contributed by atoms with van der Waals surface area (Å²) < 4.78 is 0. The first-order valence-electron chi connectivity index (χ1n) is 12.2. The third-order valence-corrected chi connectivity index (χ3v) is 9.42. The number of nitrogens with zero attached hydrogens (tertiary/aromatic N) is 2. The maximum atomic E-state index is 13.6. The molecule has 2 unspecified atom stereocenters. The van der Waals surface area contributed by atoms with E-state index in [1.807, 2.05) is 17.0 Å². The van der Waals surface area contributed by atoms with Gasteiger partial charge in [-0.3, -0.25) is 9.59 Å². The van der Waals surface area contributed by atoms with Gasteiger partial charge in [-0.1, -0.05) is 42.5 Å². The Balaban J connectivity index is 1.40. The molecule has 1 aromatic heterocycles. The van der Waals surface area contributed by atoms with Crippen molar-refractivity contribution in [1.29, 1.82) is 0 Å². The molecule has 7 heteroatoms. The van der Waals surface area contributed by atoms with Crippen molar-refractivity contribution in [3.05, 3.63) is 94.2 Å². The summed E-state index contributed by atoms with van der Waals surface area (Å²) in [5.41, 5.74) is 4.74. The number of amides is 2. The van der Waals surface area contributed by atoms with Crippen molar-refractivity contribution < 1.29 is 9.59 Å². The minimum atomic E-state index is -0.636. The molecular weight excluding hydrogens is 486 g/mol. The lowest BCUT2D eigenvalue weighted by Gasteiger charge is -2.42. The zero-order valence-corrected chi connectivity index (χ0v) is 22.3. The van der Waals surface area contributed by atoms with Crippen LogP contribution in [0.1, 0.15) is 30.0 Å². The summed E-state index contributed by atoms with van der Waals surface area (Å²) in [5.74, 6) is 0.130. The Morgan fingerprint density at radius 1 is 1.06 bits per heavy atom. The van der Waals surface area contributed by atoms with Crippen LogP contribution in [0, 0.1) is 6.92 Å². The number of hydrogen-bond acceptors (Lipinski definition) is 5. The van der Waals surface area contributed by atoms with Crippen LogP contribution in [0.2, 0.25) is 0 Å². The van der Waals surface area contributed by atoms with E-state index < -0.39 is 5.54 Å². The lowest BCUT2D eigenvalue weighted by atomic mass is 9.76. The van der Waals surface area contributed by atoms with E-state index in [0.29, 0.717) is 6.42 Å². The minimum Gasteiger partial charge on any atom is -0.368 e. The smallest absolute Gasteiger partial charge is 0.238 e. The first kappa shape index (κ1) is 24.7. The second-order valence-electron chi connectivity index (χ2n) is 9.55. The molecule has 3 heterocycles. The van der Waals surface area contributed by atoms with Crippen LogP contribution in [0.15, 0.2) is 82.4 Å². The molecule has 0 spiro atoms. The zero-order chi connectivity index (χ0) is 25.3. The third kappa shape index (κ3) is 4.70. The van der Waals surface area contributed by atoms with Gasteiger partial charge in [0.1, 0.15) is 5.25 Å². The Morgan fingerprint density at radius 2 is 1.78 bits per heavy atom. The number of piperazine rings is 1.